The van der Waals surface area contributed by atoms with Gasteiger partial charge in [0, 0.05) is 18.7 Å². The van der Waals surface area contributed by atoms with Crippen molar-refractivity contribution in [1.29, 1.82) is 5.26 Å². The van der Waals surface area contributed by atoms with Gasteiger partial charge in [-0.05, 0) is 78.8 Å². The highest BCUT2D eigenvalue weighted by atomic mass is 32.2. The molecular formula is C27H26FN3O3S. The molecule has 1 aliphatic heterocycles. The van der Waals surface area contributed by atoms with E-state index in [1.54, 1.807) is 36.1 Å². The fourth-order valence-corrected chi connectivity index (χ4v) is 5.59. The predicted molar refractivity (Wildman–Crippen MR) is 133 cm³/mol. The fraction of sp³-hybridized carbons (Fsp3) is 0.259. The molecule has 3 aromatic carbocycles. The molecule has 1 amide bonds. The molecule has 1 aliphatic rings. The van der Waals surface area contributed by atoms with Gasteiger partial charge in [0.05, 0.1) is 23.1 Å². The highest BCUT2D eigenvalue weighted by Gasteiger charge is 2.25. The number of amides is 1. The summed E-state index contributed by atoms with van der Waals surface area (Å²) in [5, 5.41) is 8.97. The lowest BCUT2D eigenvalue weighted by molar-refractivity contribution is 0.0713. The van der Waals surface area contributed by atoms with Crippen molar-refractivity contribution in [2.45, 2.75) is 31.4 Å². The molecule has 0 bridgehead atoms. The molecule has 0 unspecified atom stereocenters. The monoisotopic (exact) mass is 491 g/mol. The van der Waals surface area contributed by atoms with Crippen molar-refractivity contribution in [3.05, 3.63) is 100 Å². The summed E-state index contributed by atoms with van der Waals surface area (Å²) in [7, 11) is -3.80. The lowest BCUT2D eigenvalue weighted by atomic mass is 9.89. The normalized spacial score (nSPS) is 14.4. The number of aryl methyl sites for hydroxylation is 1. The summed E-state index contributed by atoms with van der Waals surface area (Å²) in [6, 6.07) is 20.2. The van der Waals surface area contributed by atoms with Gasteiger partial charge in [0.2, 0.25) is 10.0 Å². The SMILES string of the molecule is Cc1ccc(C(=O)N2CCC(c3ccc(C#N)cc3)CC2)cc1NS(=O)(=O)Cc1cccc(F)c1. The molecule has 6 nitrogen and oxygen atoms in total. The Hall–Kier alpha value is -3.70. The second-order valence-corrected chi connectivity index (χ2v) is 10.5. The predicted octanol–water partition coefficient (Wildman–Crippen LogP) is 4.97. The molecule has 4 rings (SSSR count). The first kappa shape index (κ1) is 24.4. The van der Waals surface area contributed by atoms with E-state index in [0.29, 0.717) is 46.9 Å². The Morgan fingerprint density at radius 1 is 1.09 bits per heavy atom. The summed E-state index contributed by atoms with van der Waals surface area (Å²) in [5.41, 5.74) is 3.57. The minimum absolute atomic E-state index is 0.145. The quantitative estimate of drug-likeness (QED) is 0.527. The van der Waals surface area contributed by atoms with E-state index in [4.69, 9.17) is 5.26 Å². The third-order valence-electron chi connectivity index (χ3n) is 6.29. The molecule has 0 spiro atoms. The molecule has 8 heteroatoms. The van der Waals surface area contributed by atoms with Gasteiger partial charge in [0.15, 0.2) is 0 Å². The average molecular weight is 492 g/mol. The zero-order valence-corrected chi connectivity index (χ0v) is 20.2. The summed E-state index contributed by atoms with van der Waals surface area (Å²) in [5.74, 6) is -0.682. The summed E-state index contributed by atoms with van der Waals surface area (Å²) >= 11 is 0. The largest absolute Gasteiger partial charge is 0.339 e. The van der Waals surface area contributed by atoms with Crippen molar-refractivity contribution in [2.24, 2.45) is 0 Å². The van der Waals surface area contributed by atoms with E-state index < -0.39 is 15.8 Å². The third kappa shape index (κ3) is 6.06. The highest BCUT2D eigenvalue weighted by Crippen LogP contribution is 2.29. The van der Waals surface area contributed by atoms with Crippen LogP contribution in [0.2, 0.25) is 0 Å². The molecule has 0 saturated carbocycles. The van der Waals surface area contributed by atoms with Crippen LogP contribution in [0.4, 0.5) is 10.1 Å². The van der Waals surface area contributed by atoms with Crippen LogP contribution in [0.15, 0.2) is 66.7 Å². The Kier molecular flexibility index (Phi) is 7.17. The Morgan fingerprint density at radius 3 is 2.46 bits per heavy atom. The number of piperidine rings is 1. The van der Waals surface area contributed by atoms with E-state index in [1.165, 1.54) is 23.8 Å². The molecule has 0 aliphatic carbocycles. The first-order valence-electron chi connectivity index (χ1n) is 11.4. The van der Waals surface area contributed by atoms with Crippen molar-refractivity contribution in [1.82, 2.24) is 4.90 Å². The van der Waals surface area contributed by atoms with Crippen LogP contribution in [-0.4, -0.2) is 32.3 Å². The molecule has 180 valence electrons. The topological polar surface area (TPSA) is 90.3 Å². The van der Waals surface area contributed by atoms with Crippen molar-refractivity contribution in [3.8, 4) is 6.07 Å². The maximum absolute atomic E-state index is 13.4. The van der Waals surface area contributed by atoms with Crippen LogP contribution >= 0.6 is 0 Å². The summed E-state index contributed by atoms with van der Waals surface area (Å²) in [6.45, 7) is 2.95. The van der Waals surface area contributed by atoms with Crippen LogP contribution in [0.1, 0.15) is 51.4 Å². The standard InChI is InChI=1S/C27H26FN3O3S/c1-19-5-8-24(16-26(19)30-35(33,34)18-21-3-2-4-25(28)15-21)27(32)31-13-11-23(12-14-31)22-9-6-20(17-29)7-10-22/h2-10,15-16,23,30H,11-14,18H2,1H3. The first-order valence-corrected chi connectivity index (χ1v) is 13.0. The summed E-state index contributed by atoms with van der Waals surface area (Å²) in [4.78, 5) is 14.9. The van der Waals surface area contributed by atoms with Crippen molar-refractivity contribution in [2.75, 3.05) is 17.8 Å². The van der Waals surface area contributed by atoms with Crippen molar-refractivity contribution < 1.29 is 17.6 Å². The molecule has 1 heterocycles. The van der Waals surface area contributed by atoms with E-state index in [9.17, 15) is 17.6 Å². The maximum atomic E-state index is 13.4. The molecule has 1 fully saturated rings. The molecule has 3 aromatic rings. The number of benzene rings is 3. The number of likely N-dealkylation sites (tertiary alicyclic amines) is 1. The molecule has 1 N–H and O–H groups in total. The second kappa shape index (κ2) is 10.3. The van der Waals surface area contributed by atoms with Crippen LogP contribution in [0.3, 0.4) is 0 Å². The van der Waals surface area contributed by atoms with Gasteiger partial charge in [0.1, 0.15) is 5.82 Å². The molecule has 35 heavy (non-hydrogen) atoms. The van der Waals surface area contributed by atoms with Crippen LogP contribution < -0.4 is 4.72 Å². The van der Waals surface area contributed by atoms with Crippen molar-refractivity contribution >= 4 is 21.6 Å². The number of halogens is 1. The van der Waals surface area contributed by atoms with Gasteiger partial charge in [0.25, 0.3) is 5.91 Å². The fourth-order valence-electron chi connectivity index (χ4n) is 4.34. The van der Waals surface area contributed by atoms with Gasteiger partial charge in [-0.25, -0.2) is 12.8 Å². The maximum Gasteiger partial charge on any atom is 0.253 e. The van der Waals surface area contributed by atoms with E-state index in [2.05, 4.69) is 10.8 Å². The highest BCUT2D eigenvalue weighted by molar-refractivity contribution is 7.91. The van der Waals surface area contributed by atoms with Gasteiger partial charge in [-0.1, -0.05) is 30.3 Å². The molecule has 1 saturated heterocycles. The second-order valence-electron chi connectivity index (χ2n) is 8.82. The molecule has 0 aromatic heterocycles. The Morgan fingerprint density at radius 2 is 1.80 bits per heavy atom. The number of hydrogen-bond acceptors (Lipinski definition) is 4. The summed E-state index contributed by atoms with van der Waals surface area (Å²) < 4.78 is 41.3. The number of carbonyl (C=O) groups excluding carboxylic acids is 1. The van der Waals surface area contributed by atoms with Gasteiger partial charge in [-0.2, -0.15) is 5.26 Å². The van der Waals surface area contributed by atoms with Gasteiger partial charge >= 0.3 is 0 Å². The van der Waals surface area contributed by atoms with Crippen LogP contribution in [0, 0.1) is 24.1 Å². The van der Waals surface area contributed by atoms with Crippen LogP contribution in [0.25, 0.3) is 0 Å². The van der Waals surface area contributed by atoms with Crippen LogP contribution in [0.5, 0.6) is 0 Å². The minimum atomic E-state index is -3.80. The van der Waals surface area contributed by atoms with Gasteiger partial charge in [-0.3, -0.25) is 9.52 Å². The molecular weight excluding hydrogens is 465 g/mol. The number of nitrogens with zero attached hydrogens (tertiary/aromatic N) is 2. The minimum Gasteiger partial charge on any atom is -0.339 e. The number of nitrogens with one attached hydrogen (secondary N) is 1. The molecule has 0 radical (unpaired) electrons. The number of nitriles is 1. The number of rotatable bonds is 6. The first-order chi connectivity index (χ1) is 16.7. The van der Waals surface area contributed by atoms with E-state index in [-0.39, 0.29) is 11.7 Å². The Balaban J connectivity index is 1.42. The van der Waals surface area contributed by atoms with E-state index >= 15 is 0 Å². The smallest absolute Gasteiger partial charge is 0.253 e. The number of hydrogen-bond donors (Lipinski definition) is 1. The van der Waals surface area contributed by atoms with Gasteiger partial charge < -0.3 is 4.90 Å². The zero-order valence-electron chi connectivity index (χ0n) is 19.4. The van der Waals surface area contributed by atoms with Gasteiger partial charge in [-0.15, -0.1) is 0 Å². The number of sulfonamides is 1. The summed E-state index contributed by atoms with van der Waals surface area (Å²) in [6.07, 6.45) is 1.63. The van der Waals surface area contributed by atoms with Crippen molar-refractivity contribution in [3.63, 3.8) is 0 Å². The average Bonchev–Trinajstić information content (AvgIpc) is 2.85. The Labute approximate surface area is 205 Å². The molecule has 0 atom stereocenters. The van der Waals surface area contributed by atoms with E-state index in [1.807, 2.05) is 24.3 Å². The Bertz CT molecular complexity index is 1370. The lowest BCUT2D eigenvalue weighted by Gasteiger charge is -2.32. The lowest BCUT2D eigenvalue weighted by Crippen LogP contribution is -2.38. The van der Waals surface area contributed by atoms with Crippen LogP contribution in [-0.2, 0) is 15.8 Å². The number of carbonyl (C=O) groups is 1. The third-order valence-corrected chi connectivity index (χ3v) is 7.53. The van der Waals surface area contributed by atoms with E-state index in [0.717, 1.165) is 12.8 Å². The zero-order chi connectivity index (χ0) is 25.0. The number of anilines is 1.